The second kappa shape index (κ2) is 22.5. The van der Waals surface area contributed by atoms with Gasteiger partial charge in [-0.15, -0.1) is 0 Å². The molecule has 0 fully saturated rings. The van der Waals surface area contributed by atoms with E-state index in [0.29, 0.717) is 0 Å². The lowest BCUT2D eigenvalue weighted by Gasteiger charge is -1.70. The van der Waals surface area contributed by atoms with E-state index in [-0.39, 0.29) is 7.43 Å². The van der Waals surface area contributed by atoms with Crippen molar-refractivity contribution in [1.82, 2.24) is 4.98 Å². The van der Waals surface area contributed by atoms with E-state index in [0.717, 1.165) is 0 Å². The summed E-state index contributed by atoms with van der Waals surface area (Å²) in [5, 5.41) is 0. The third-order valence-electron chi connectivity index (χ3n) is 0.566. The molecule has 0 aromatic carbocycles. The fourth-order valence-electron chi connectivity index (χ4n) is 0.313. The van der Waals surface area contributed by atoms with Crippen molar-refractivity contribution in [3.8, 4) is 0 Å². The van der Waals surface area contributed by atoms with Crippen LogP contribution in [0, 0.1) is 0 Å². The Balaban J connectivity index is -0.000000119. The highest BCUT2D eigenvalue weighted by Crippen LogP contribution is 1.73. The number of hydrogen-bond acceptors (Lipinski definition) is 1. The van der Waals surface area contributed by atoms with E-state index in [1.54, 1.807) is 12.4 Å². The van der Waals surface area contributed by atoms with E-state index in [2.05, 4.69) is 18.8 Å². The molecule has 0 radical (unpaired) electrons. The molecule has 72 valence electrons. The second-order valence-electron chi connectivity index (χ2n) is 1.73. The summed E-state index contributed by atoms with van der Waals surface area (Å²) in [6.07, 6.45) is 4.75. The van der Waals surface area contributed by atoms with Gasteiger partial charge < -0.3 is 0 Å². The molecule has 0 saturated heterocycles. The van der Waals surface area contributed by atoms with Crippen molar-refractivity contribution in [2.45, 2.75) is 41.5 Å². The lowest BCUT2D eigenvalue weighted by molar-refractivity contribution is 1.09. The summed E-state index contributed by atoms with van der Waals surface area (Å²) in [6, 6.07) is 5.72. The Morgan fingerprint density at radius 3 is 1.33 bits per heavy atom. The molecular formula is C11H23N. The molecule has 0 N–H and O–H groups in total. The molecule has 0 saturated carbocycles. The Morgan fingerprint density at radius 1 is 0.917 bits per heavy atom. The first kappa shape index (κ1) is 17.3. The predicted octanol–water partition coefficient (Wildman–Crippen LogP) is 4.16. The van der Waals surface area contributed by atoms with Gasteiger partial charge in [-0.3, -0.25) is 4.98 Å². The topological polar surface area (TPSA) is 12.9 Å². The molecular weight excluding hydrogens is 146 g/mol. The number of aromatic nitrogens is 1. The van der Waals surface area contributed by atoms with Crippen LogP contribution >= 0.6 is 0 Å². The first-order valence-electron chi connectivity index (χ1n) is 4.26. The molecule has 0 amide bonds. The van der Waals surface area contributed by atoms with E-state index >= 15 is 0 Å². The number of nitrogens with zero attached hydrogens (tertiary/aromatic N) is 1. The SMILES string of the molecule is C.CC.CCC.c1ccncc1. The summed E-state index contributed by atoms with van der Waals surface area (Å²) in [5.74, 6) is 0. The molecule has 1 heterocycles. The molecule has 1 aromatic heterocycles. The summed E-state index contributed by atoms with van der Waals surface area (Å²) in [4.78, 5) is 3.78. The third kappa shape index (κ3) is 22.9. The molecule has 12 heavy (non-hydrogen) atoms. The van der Waals surface area contributed by atoms with E-state index in [1.807, 2.05) is 32.0 Å². The molecule has 0 bridgehead atoms. The first-order chi connectivity index (χ1) is 5.41. The number of hydrogen-bond donors (Lipinski definition) is 0. The quantitative estimate of drug-likeness (QED) is 0.568. The van der Waals surface area contributed by atoms with Gasteiger partial charge in [-0.1, -0.05) is 47.6 Å². The summed E-state index contributed by atoms with van der Waals surface area (Å²) in [5.41, 5.74) is 0. The van der Waals surface area contributed by atoms with Crippen LogP contribution in [0.15, 0.2) is 30.6 Å². The Morgan fingerprint density at radius 2 is 1.25 bits per heavy atom. The Bertz CT molecular complexity index is 87.9. The van der Waals surface area contributed by atoms with Crippen LogP contribution < -0.4 is 0 Å². The van der Waals surface area contributed by atoms with Crippen LogP contribution in [0.2, 0.25) is 0 Å². The lowest BCUT2D eigenvalue weighted by Crippen LogP contribution is -1.58. The monoisotopic (exact) mass is 169 g/mol. The van der Waals surface area contributed by atoms with Crippen molar-refractivity contribution in [2.75, 3.05) is 0 Å². The highest BCUT2D eigenvalue weighted by Gasteiger charge is 1.58. The molecule has 1 nitrogen and oxygen atoms in total. The molecule has 0 aliphatic heterocycles. The average Bonchev–Trinajstić information content (AvgIpc) is 2.12. The van der Waals surface area contributed by atoms with Crippen molar-refractivity contribution in [2.24, 2.45) is 0 Å². The van der Waals surface area contributed by atoms with Gasteiger partial charge in [-0.25, -0.2) is 0 Å². The molecule has 0 unspecified atom stereocenters. The van der Waals surface area contributed by atoms with Gasteiger partial charge in [0.15, 0.2) is 0 Å². The van der Waals surface area contributed by atoms with Crippen LogP contribution in [0.25, 0.3) is 0 Å². The van der Waals surface area contributed by atoms with Gasteiger partial charge >= 0.3 is 0 Å². The van der Waals surface area contributed by atoms with Crippen LogP contribution in [0.4, 0.5) is 0 Å². The zero-order chi connectivity index (χ0) is 8.95. The minimum atomic E-state index is 0. The van der Waals surface area contributed by atoms with Crippen LogP contribution in [-0.2, 0) is 0 Å². The van der Waals surface area contributed by atoms with E-state index < -0.39 is 0 Å². The predicted molar refractivity (Wildman–Crippen MR) is 58.3 cm³/mol. The fourth-order valence-corrected chi connectivity index (χ4v) is 0.313. The van der Waals surface area contributed by atoms with Crippen molar-refractivity contribution in [1.29, 1.82) is 0 Å². The Labute approximate surface area is 77.9 Å². The Hall–Kier alpha value is -0.850. The lowest BCUT2D eigenvalue weighted by atomic mass is 10.5. The minimum Gasteiger partial charge on any atom is -0.265 e. The molecule has 1 rings (SSSR count). The van der Waals surface area contributed by atoms with Crippen LogP contribution in [0.3, 0.4) is 0 Å². The standard InChI is InChI=1S/C5H5N.C3H8.C2H6.CH4/c1-2-4-6-5-3-1;1-3-2;1-2;/h1-5H;3H2,1-2H3;1-2H3;1H4. The molecule has 1 aromatic rings. The van der Waals surface area contributed by atoms with E-state index in [9.17, 15) is 0 Å². The van der Waals surface area contributed by atoms with E-state index in [4.69, 9.17) is 0 Å². The van der Waals surface area contributed by atoms with Gasteiger partial charge in [0.1, 0.15) is 0 Å². The normalized spacial score (nSPS) is 6.00. The van der Waals surface area contributed by atoms with Gasteiger partial charge in [-0.05, 0) is 12.1 Å². The highest BCUT2D eigenvalue weighted by molar-refractivity contribution is 4.88. The number of pyridine rings is 1. The molecule has 0 aliphatic rings. The average molecular weight is 169 g/mol. The van der Waals surface area contributed by atoms with Crippen LogP contribution in [-0.4, -0.2) is 4.98 Å². The molecule has 0 atom stereocenters. The fraction of sp³-hybridized carbons (Fsp3) is 0.545. The zero-order valence-electron chi connectivity index (χ0n) is 8.04. The minimum absolute atomic E-state index is 0. The maximum atomic E-state index is 3.78. The summed E-state index contributed by atoms with van der Waals surface area (Å²) >= 11 is 0. The summed E-state index contributed by atoms with van der Waals surface area (Å²) in [7, 11) is 0. The number of rotatable bonds is 0. The molecule has 1 heteroatoms. The summed E-state index contributed by atoms with van der Waals surface area (Å²) < 4.78 is 0. The maximum Gasteiger partial charge on any atom is 0.0267 e. The first-order valence-corrected chi connectivity index (χ1v) is 4.26. The third-order valence-corrected chi connectivity index (χ3v) is 0.566. The van der Waals surface area contributed by atoms with Crippen molar-refractivity contribution in [3.05, 3.63) is 30.6 Å². The Kier molecular flexibility index (Phi) is 32.4. The van der Waals surface area contributed by atoms with Gasteiger partial charge in [0.2, 0.25) is 0 Å². The summed E-state index contributed by atoms with van der Waals surface area (Å²) in [6.45, 7) is 8.25. The maximum absolute atomic E-state index is 3.78. The smallest absolute Gasteiger partial charge is 0.0267 e. The van der Waals surface area contributed by atoms with E-state index in [1.165, 1.54) is 6.42 Å². The van der Waals surface area contributed by atoms with Crippen molar-refractivity contribution < 1.29 is 0 Å². The van der Waals surface area contributed by atoms with Gasteiger partial charge in [0.05, 0.1) is 0 Å². The second-order valence-corrected chi connectivity index (χ2v) is 1.73. The molecule has 0 spiro atoms. The highest BCUT2D eigenvalue weighted by atomic mass is 14.6. The van der Waals surface area contributed by atoms with Crippen LogP contribution in [0.5, 0.6) is 0 Å². The van der Waals surface area contributed by atoms with Crippen LogP contribution in [0.1, 0.15) is 41.5 Å². The van der Waals surface area contributed by atoms with Gasteiger partial charge in [0.25, 0.3) is 0 Å². The zero-order valence-corrected chi connectivity index (χ0v) is 8.04. The van der Waals surface area contributed by atoms with Gasteiger partial charge in [0, 0.05) is 12.4 Å². The van der Waals surface area contributed by atoms with Crippen molar-refractivity contribution >= 4 is 0 Å². The van der Waals surface area contributed by atoms with Crippen molar-refractivity contribution in [3.63, 3.8) is 0 Å². The molecule has 0 aliphatic carbocycles. The largest absolute Gasteiger partial charge is 0.265 e. The van der Waals surface area contributed by atoms with Gasteiger partial charge in [-0.2, -0.15) is 0 Å².